The molecule has 1 N–H and O–H groups in total. The summed E-state index contributed by atoms with van der Waals surface area (Å²) in [7, 11) is 0. The monoisotopic (exact) mass is 239 g/mol. The van der Waals surface area contributed by atoms with Crippen LogP contribution in [0.25, 0.3) is 0 Å². The Kier molecular flexibility index (Phi) is 4.49. The van der Waals surface area contributed by atoms with Crippen molar-refractivity contribution in [2.45, 2.75) is 32.1 Å². The predicted octanol–water partition coefficient (Wildman–Crippen LogP) is 3.29. The predicted molar refractivity (Wildman–Crippen MR) is 64.9 cm³/mol. The second-order valence-corrected chi connectivity index (χ2v) is 4.88. The van der Waals surface area contributed by atoms with Crippen molar-refractivity contribution in [3.05, 3.63) is 35.4 Å². The van der Waals surface area contributed by atoms with Gasteiger partial charge in [-0.25, -0.2) is 8.78 Å². The first-order chi connectivity index (χ1) is 8.24. The average molecular weight is 239 g/mol. The van der Waals surface area contributed by atoms with E-state index >= 15 is 0 Å². The molecule has 0 aliphatic carbocycles. The maximum Gasteiger partial charge on any atom is 0.126 e. The molecule has 2 rings (SSSR count). The molecule has 0 saturated carbocycles. The van der Waals surface area contributed by atoms with Crippen LogP contribution in [0.15, 0.2) is 18.2 Å². The van der Waals surface area contributed by atoms with Crippen LogP contribution >= 0.6 is 0 Å². The van der Waals surface area contributed by atoms with Gasteiger partial charge < -0.3 is 5.32 Å². The van der Waals surface area contributed by atoms with Crippen LogP contribution in [0.5, 0.6) is 0 Å². The van der Waals surface area contributed by atoms with E-state index in [0.717, 1.165) is 49.9 Å². The summed E-state index contributed by atoms with van der Waals surface area (Å²) in [5, 5.41) is 3.38. The second-order valence-electron chi connectivity index (χ2n) is 4.88. The van der Waals surface area contributed by atoms with Crippen LogP contribution in [0, 0.1) is 17.6 Å². The molecule has 0 radical (unpaired) electrons. The molecular weight excluding hydrogens is 220 g/mol. The zero-order valence-corrected chi connectivity index (χ0v) is 10.0. The lowest BCUT2D eigenvalue weighted by molar-refractivity contribution is 0.351. The molecule has 1 unspecified atom stereocenters. The lowest BCUT2D eigenvalue weighted by Crippen LogP contribution is -2.29. The third-order valence-corrected chi connectivity index (χ3v) is 3.40. The Hall–Kier alpha value is -0.960. The van der Waals surface area contributed by atoms with Gasteiger partial charge in [-0.3, -0.25) is 0 Å². The van der Waals surface area contributed by atoms with E-state index in [1.807, 2.05) is 0 Å². The third-order valence-electron chi connectivity index (χ3n) is 3.40. The van der Waals surface area contributed by atoms with Crippen LogP contribution in [0.1, 0.15) is 31.2 Å². The van der Waals surface area contributed by atoms with Crippen LogP contribution in [0.2, 0.25) is 0 Å². The molecule has 1 aromatic rings. The molecule has 1 aromatic carbocycles. The van der Waals surface area contributed by atoms with Crippen molar-refractivity contribution in [3.63, 3.8) is 0 Å². The van der Waals surface area contributed by atoms with E-state index in [9.17, 15) is 8.78 Å². The molecule has 0 spiro atoms. The molecule has 0 bridgehead atoms. The van der Waals surface area contributed by atoms with Crippen LogP contribution < -0.4 is 5.32 Å². The molecule has 3 heteroatoms. The van der Waals surface area contributed by atoms with Gasteiger partial charge in [0.1, 0.15) is 11.6 Å². The van der Waals surface area contributed by atoms with E-state index in [1.165, 1.54) is 25.0 Å². The fourth-order valence-corrected chi connectivity index (χ4v) is 2.52. The summed E-state index contributed by atoms with van der Waals surface area (Å²) in [6.07, 6.45) is 5.45. The zero-order valence-electron chi connectivity index (χ0n) is 10.0. The molecule has 1 aliphatic heterocycles. The van der Waals surface area contributed by atoms with Gasteiger partial charge in [-0.1, -0.05) is 0 Å². The second kappa shape index (κ2) is 6.10. The van der Waals surface area contributed by atoms with Crippen molar-refractivity contribution >= 4 is 0 Å². The number of nitrogens with one attached hydrogen (secondary N) is 1. The SMILES string of the molecule is Fc1cc(F)cc(CCCC2CCCNC2)c1. The highest BCUT2D eigenvalue weighted by Gasteiger charge is 2.12. The first-order valence-corrected chi connectivity index (χ1v) is 6.40. The van der Waals surface area contributed by atoms with E-state index in [-0.39, 0.29) is 0 Å². The molecule has 1 aliphatic rings. The minimum Gasteiger partial charge on any atom is -0.316 e. The molecule has 1 heterocycles. The molecule has 0 aromatic heterocycles. The molecular formula is C14H19F2N. The lowest BCUT2D eigenvalue weighted by Gasteiger charge is -2.22. The minimum atomic E-state index is -0.473. The van der Waals surface area contributed by atoms with Gasteiger partial charge in [0, 0.05) is 6.07 Å². The van der Waals surface area contributed by atoms with Gasteiger partial charge in [0.25, 0.3) is 0 Å². The van der Waals surface area contributed by atoms with Gasteiger partial charge >= 0.3 is 0 Å². The fourth-order valence-electron chi connectivity index (χ4n) is 2.52. The van der Waals surface area contributed by atoms with Gasteiger partial charge in [0.15, 0.2) is 0 Å². The normalized spacial score (nSPS) is 20.5. The topological polar surface area (TPSA) is 12.0 Å². The molecule has 1 saturated heterocycles. The average Bonchev–Trinajstić information content (AvgIpc) is 2.29. The molecule has 1 nitrogen and oxygen atoms in total. The quantitative estimate of drug-likeness (QED) is 0.850. The summed E-state index contributed by atoms with van der Waals surface area (Å²) in [5.41, 5.74) is 0.770. The Balaban J connectivity index is 1.77. The van der Waals surface area contributed by atoms with E-state index in [1.54, 1.807) is 0 Å². The van der Waals surface area contributed by atoms with Gasteiger partial charge in [0.2, 0.25) is 0 Å². The Labute approximate surface area is 101 Å². The Morgan fingerprint density at radius 1 is 1.18 bits per heavy atom. The van der Waals surface area contributed by atoms with Crippen molar-refractivity contribution in [1.82, 2.24) is 5.32 Å². The number of benzene rings is 1. The van der Waals surface area contributed by atoms with Gasteiger partial charge in [-0.2, -0.15) is 0 Å². The largest absolute Gasteiger partial charge is 0.316 e. The third kappa shape index (κ3) is 4.08. The number of hydrogen-bond acceptors (Lipinski definition) is 1. The van der Waals surface area contributed by atoms with Gasteiger partial charge in [-0.05, 0) is 68.8 Å². The Bertz CT molecular complexity index is 339. The number of aryl methyl sites for hydroxylation is 1. The summed E-state index contributed by atoms with van der Waals surface area (Å²) >= 11 is 0. The van der Waals surface area contributed by atoms with Crippen LogP contribution in [0.3, 0.4) is 0 Å². The number of rotatable bonds is 4. The number of piperidine rings is 1. The van der Waals surface area contributed by atoms with Crippen molar-refractivity contribution in [3.8, 4) is 0 Å². The van der Waals surface area contributed by atoms with Crippen molar-refractivity contribution in [2.75, 3.05) is 13.1 Å². The number of halogens is 2. The summed E-state index contributed by atoms with van der Waals surface area (Å²) in [5.74, 6) is -0.208. The molecule has 1 atom stereocenters. The summed E-state index contributed by atoms with van der Waals surface area (Å²) in [6.45, 7) is 2.23. The zero-order chi connectivity index (χ0) is 12.1. The Morgan fingerprint density at radius 2 is 1.94 bits per heavy atom. The summed E-state index contributed by atoms with van der Waals surface area (Å²) in [6, 6.07) is 3.79. The highest BCUT2D eigenvalue weighted by Crippen LogP contribution is 2.18. The van der Waals surface area contributed by atoms with Crippen molar-refractivity contribution in [1.29, 1.82) is 0 Å². The van der Waals surface area contributed by atoms with Crippen molar-refractivity contribution in [2.24, 2.45) is 5.92 Å². The van der Waals surface area contributed by atoms with Crippen molar-refractivity contribution < 1.29 is 8.78 Å². The maximum absolute atomic E-state index is 13.0. The fraction of sp³-hybridized carbons (Fsp3) is 0.571. The Morgan fingerprint density at radius 3 is 2.59 bits per heavy atom. The van der Waals surface area contributed by atoms with E-state index in [4.69, 9.17) is 0 Å². The van der Waals surface area contributed by atoms with Gasteiger partial charge in [-0.15, -0.1) is 0 Å². The van der Waals surface area contributed by atoms with E-state index in [2.05, 4.69) is 5.32 Å². The first kappa shape index (κ1) is 12.5. The molecule has 1 fully saturated rings. The smallest absolute Gasteiger partial charge is 0.126 e. The van der Waals surface area contributed by atoms with E-state index < -0.39 is 11.6 Å². The maximum atomic E-state index is 13.0. The van der Waals surface area contributed by atoms with Crippen LogP contribution in [-0.2, 0) is 6.42 Å². The summed E-state index contributed by atoms with van der Waals surface area (Å²) in [4.78, 5) is 0. The molecule has 94 valence electrons. The molecule has 17 heavy (non-hydrogen) atoms. The molecule has 0 amide bonds. The summed E-state index contributed by atoms with van der Waals surface area (Å²) < 4.78 is 25.9. The van der Waals surface area contributed by atoms with Crippen LogP contribution in [0.4, 0.5) is 8.78 Å². The minimum absolute atomic E-state index is 0.473. The standard InChI is InChI=1S/C14H19F2N/c15-13-7-12(8-14(16)9-13)4-1-3-11-5-2-6-17-10-11/h7-9,11,17H,1-6,10H2. The first-order valence-electron chi connectivity index (χ1n) is 6.40. The highest BCUT2D eigenvalue weighted by molar-refractivity contribution is 5.17. The lowest BCUT2D eigenvalue weighted by atomic mass is 9.93. The number of hydrogen-bond donors (Lipinski definition) is 1. The van der Waals surface area contributed by atoms with Gasteiger partial charge in [0.05, 0.1) is 0 Å². The highest BCUT2D eigenvalue weighted by atomic mass is 19.1. The van der Waals surface area contributed by atoms with E-state index in [0.29, 0.717) is 0 Å². The van der Waals surface area contributed by atoms with Crippen LogP contribution in [-0.4, -0.2) is 13.1 Å².